The van der Waals surface area contributed by atoms with E-state index in [1.54, 1.807) is 0 Å². The van der Waals surface area contributed by atoms with E-state index in [4.69, 9.17) is 5.73 Å². The van der Waals surface area contributed by atoms with Gasteiger partial charge in [-0.2, -0.15) is 0 Å². The Bertz CT molecular complexity index is 115. The van der Waals surface area contributed by atoms with Gasteiger partial charge in [0.05, 0.1) is 0 Å². The molecule has 2 unspecified atom stereocenters. The SMILES string of the molecule is Cl.NC12CCCC1CC2. The Hall–Kier alpha value is 0.250. The number of halogens is 1. The predicted molar refractivity (Wildman–Crippen MR) is 40.7 cm³/mol. The van der Waals surface area contributed by atoms with Gasteiger partial charge in [-0.05, 0) is 31.6 Å². The molecule has 2 N–H and O–H groups in total. The normalized spacial score (nSPS) is 47.0. The molecule has 0 aromatic carbocycles. The van der Waals surface area contributed by atoms with E-state index in [0.717, 1.165) is 5.92 Å². The highest BCUT2D eigenvalue weighted by atomic mass is 35.5. The van der Waals surface area contributed by atoms with Crippen molar-refractivity contribution in [2.24, 2.45) is 11.7 Å². The molecular formula is C7H14ClN. The Morgan fingerprint density at radius 2 is 2.00 bits per heavy atom. The summed E-state index contributed by atoms with van der Waals surface area (Å²) >= 11 is 0. The van der Waals surface area contributed by atoms with E-state index in [1.165, 1.54) is 32.1 Å². The number of nitrogens with two attached hydrogens (primary N) is 1. The van der Waals surface area contributed by atoms with Crippen molar-refractivity contribution in [2.75, 3.05) is 0 Å². The highest BCUT2D eigenvalue weighted by Crippen LogP contribution is 2.48. The van der Waals surface area contributed by atoms with Crippen LogP contribution in [0.15, 0.2) is 0 Å². The van der Waals surface area contributed by atoms with Gasteiger partial charge in [0.15, 0.2) is 0 Å². The molecule has 0 heterocycles. The smallest absolute Gasteiger partial charge is 0.0183 e. The number of hydrogen-bond acceptors (Lipinski definition) is 1. The average Bonchev–Trinajstić information content (AvgIpc) is 1.94. The third kappa shape index (κ3) is 0.870. The zero-order chi connectivity index (χ0) is 5.61. The second-order valence-corrected chi connectivity index (χ2v) is 3.36. The molecule has 2 atom stereocenters. The fourth-order valence-electron chi connectivity index (χ4n) is 2.16. The third-order valence-electron chi connectivity index (χ3n) is 2.97. The lowest BCUT2D eigenvalue weighted by Gasteiger charge is -2.41. The minimum atomic E-state index is 0. The van der Waals surface area contributed by atoms with Crippen LogP contribution >= 0.6 is 12.4 Å². The van der Waals surface area contributed by atoms with Gasteiger partial charge in [-0.1, -0.05) is 6.42 Å². The number of rotatable bonds is 0. The largest absolute Gasteiger partial charge is 0.325 e. The molecule has 0 bridgehead atoms. The number of hydrogen-bond donors (Lipinski definition) is 1. The van der Waals surface area contributed by atoms with Crippen LogP contribution in [-0.2, 0) is 0 Å². The van der Waals surface area contributed by atoms with Gasteiger partial charge in [0.2, 0.25) is 0 Å². The first-order valence-electron chi connectivity index (χ1n) is 3.60. The maximum absolute atomic E-state index is 6.01. The summed E-state index contributed by atoms with van der Waals surface area (Å²) in [7, 11) is 0. The molecule has 2 fully saturated rings. The van der Waals surface area contributed by atoms with Gasteiger partial charge in [-0.3, -0.25) is 0 Å². The van der Waals surface area contributed by atoms with Crippen LogP contribution < -0.4 is 5.73 Å². The molecule has 54 valence electrons. The molecule has 0 amide bonds. The predicted octanol–water partition coefficient (Wildman–Crippen LogP) is 1.70. The van der Waals surface area contributed by atoms with E-state index >= 15 is 0 Å². The van der Waals surface area contributed by atoms with Gasteiger partial charge in [-0.15, -0.1) is 12.4 Å². The average molecular weight is 148 g/mol. The van der Waals surface area contributed by atoms with Crippen molar-refractivity contribution < 1.29 is 0 Å². The summed E-state index contributed by atoms with van der Waals surface area (Å²) in [5.74, 6) is 0.919. The molecular weight excluding hydrogens is 134 g/mol. The Kier molecular flexibility index (Phi) is 1.75. The van der Waals surface area contributed by atoms with E-state index in [0.29, 0.717) is 5.54 Å². The van der Waals surface area contributed by atoms with Crippen molar-refractivity contribution in [3.63, 3.8) is 0 Å². The zero-order valence-corrected chi connectivity index (χ0v) is 6.41. The lowest BCUT2D eigenvalue weighted by molar-refractivity contribution is 0.166. The van der Waals surface area contributed by atoms with Crippen LogP contribution in [0.3, 0.4) is 0 Å². The van der Waals surface area contributed by atoms with Crippen LogP contribution in [0.1, 0.15) is 32.1 Å². The Labute approximate surface area is 62.4 Å². The molecule has 0 spiro atoms. The molecule has 0 aromatic heterocycles. The van der Waals surface area contributed by atoms with Crippen molar-refractivity contribution in [1.29, 1.82) is 0 Å². The van der Waals surface area contributed by atoms with Crippen LogP contribution in [0.25, 0.3) is 0 Å². The van der Waals surface area contributed by atoms with Gasteiger partial charge in [0, 0.05) is 5.54 Å². The summed E-state index contributed by atoms with van der Waals surface area (Å²) in [6.45, 7) is 0. The molecule has 0 aliphatic heterocycles. The summed E-state index contributed by atoms with van der Waals surface area (Å²) in [4.78, 5) is 0. The van der Waals surface area contributed by atoms with Crippen LogP contribution in [0.2, 0.25) is 0 Å². The van der Waals surface area contributed by atoms with Gasteiger partial charge in [-0.25, -0.2) is 0 Å². The second-order valence-electron chi connectivity index (χ2n) is 3.36. The van der Waals surface area contributed by atoms with E-state index in [1.807, 2.05) is 0 Å². The second kappa shape index (κ2) is 2.14. The minimum Gasteiger partial charge on any atom is -0.325 e. The first-order chi connectivity index (χ1) is 3.81. The molecule has 2 saturated carbocycles. The minimum absolute atomic E-state index is 0. The van der Waals surface area contributed by atoms with Crippen molar-refractivity contribution in [3.05, 3.63) is 0 Å². The van der Waals surface area contributed by atoms with Crippen molar-refractivity contribution in [3.8, 4) is 0 Å². The monoisotopic (exact) mass is 147 g/mol. The van der Waals surface area contributed by atoms with Gasteiger partial charge in [0.25, 0.3) is 0 Å². The molecule has 9 heavy (non-hydrogen) atoms. The van der Waals surface area contributed by atoms with Gasteiger partial charge >= 0.3 is 0 Å². The first-order valence-corrected chi connectivity index (χ1v) is 3.60. The van der Waals surface area contributed by atoms with Crippen LogP contribution in [0.5, 0.6) is 0 Å². The highest BCUT2D eigenvalue weighted by molar-refractivity contribution is 5.85. The van der Waals surface area contributed by atoms with Crippen molar-refractivity contribution in [1.82, 2.24) is 0 Å². The molecule has 2 aliphatic rings. The van der Waals surface area contributed by atoms with Crippen LogP contribution in [-0.4, -0.2) is 5.54 Å². The van der Waals surface area contributed by atoms with Crippen molar-refractivity contribution >= 4 is 12.4 Å². The molecule has 2 heteroatoms. The van der Waals surface area contributed by atoms with Crippen molar-refractivity contribution in [2.45, 2.75) is 37.6 Å². The topological polar surface area (TPSA) is 26.0 Å². The zero-order valence-electron chi connectivity index (χ0n) is 5.60. The summed E-state index contributed by atoms with van der Waals surface area (Å²) in [5.41, 5.74) is 6.34. The molecule has 0 aromatic rings. The van der Waals surface area contributed by atoms with Gasteiger partial charge < -0.3 is 5.73 Å². The summed E-state index contributed by atoms with van der Waals surface area (Å²) in [6.07, 6.45) is 6.82. The Balaban J connectivity index is 0.000000405. The molecule has 2 aliphatic carbocycles. The Morgan fingerprint density at radius 3 is 2.22 bits per heavy atom. The fraction of sp³-hybridized carbons (Fsp3) is 1.00. The fourth-order valence-corrected chi connectivity index (χ4v) is 2.16. The Morgan fingerprint density at radius 1 is 1.22 bits per heavy atom. The summed E-state index contributed by atoms with van der Waals surface area (Å²) in [5, 5.41) is 0. The lowest BCUT2D eigenvalue weighted by atomic mass is 9.70. The quantitative estimate of drug-likeness (QED) is 0.555. The molecule has 0 radical (unpaired) electrons. The third-order valence-corrected chi connectivity index (χ3v) is 2.97. The maximum atomic E-state index is 6.01. The van der Waals surface area contributed by atoms with E-state index in [9.17, 15) is 0 Å². The van der Waals surface area contributed by atoms with Gasteiger partial charge in [0.1, 0.15) is 0 Å². The highest BCUT2D eigenvalue weighted by Gasteiger charge is 2.46. The number of fused-ring (bicyclic) bond motifs is 1. The summed E-state index contributed by atoms with van der Waals surface area (Å²) in [6, 6.07) is 0. The molecule has 2 rings (SSSR count). The maximum Gasteiger partial charge on any atom is 0.0183 e. The molecule has 0 saturated heterocycles. The summed E-state index contributed by atoms with van der Waals surface area (Å²) < 4.78 is 0. The molecule has 1 nitrogen and oxygen atoms in total. The lowest BCUT2D eigenvalue weighted by Crippen LogP contribution is -2.51. The van der Waals surface area contributed by atoms with Crippen LogP contribution in [0.4, 0.5) is 0 Å². The van der Waals surface area contributed by atoms with Crippen LogP contribution in [0, 0.1) is 5.92 Å². The first kappa shape index (κ1) is 7.36. The van der Waals surface area contributed by atoms with E-state index in [-0.39, 0.29) is 12.4 Å². The van der Waals surface area contributed by atoms with E-state index in [2.05, 4.69) is 0 Å². The van der Waals surface area contributed by atoms with E-state index < -0.39 is 0 Å². The standard InChI is InChI=1S/C7H13N.ClH/c8-7-4-1-2-6(7)3-5-7;/h6H,1-5,8H2;1H.